The van der Waals surface area contributed by atoms with Gasteiger partial charge in [-0.15, -0.1) is 0 Å². The van der Waals surface area contributed by atoms with Crippen molar-refractivity contribution in [3.63, 3.8) is 0 Å². The molecule has 0 unspecified atom stereocenters. The molecular formula is C16H20N2O3. The second-order valence-corrected chi connectivity index (χ2v) is 5.60. The Hall–Kier alpha value is -2.17. The minimum absolute atomic E-state index is 0.177. The van der Waals surface area contributed by atoms with Crippen LogP contribution in [0.4, 0.5) is 0 Å². The summed E-state index contributed by atoms with van der Waals surface area (Å²) in [7, 11) is 0. The predicted octanol–water partition coefficient (Wildman–Crippen LogP) is 3.19. The summed E-state index contributed by atoms with van der Waals surface area (Å²) in [5.74, 6) is 0.452. The number of carboxylic acid groups (broad SMARTS) is 1. The minimum Gasteiger partial charge on any atom is -0.481 e. The van der Waals surface area contributed by atoms with Gasteiger partial charge in [-0.1, -0.05) is 35.5 Å². The fourth-order valence-electron chi connectivity index (χ4n) is 2.15. The smallest absolute Gasteiger partial charge is 0.303 e. The van der Waals surface area contributed by atoms with E-state index in [1.807, 2.05) is 30.3 Å². The zero-order valence-electron chi connectivity index (χ0n) is 12.4. The van der Waals surface area contributed by atoms with Crippen LogP contribution in [0.1, 0.15) is 50.4 Å². The van der Waals surface area contributed by atoms with E-state index < -0.39 is 5.97 Å². The molecule has 0 fully saturated rings. The van der Waals surface area contributed by atoms with Crippen LogP contribution in [0.5, 0.6) is 0 Å². The Bertz CT molecular complexity index is 591. The minimum atomic E-state index is -0.772. The van der Waals surface area contributed by atoms with Crippen LogP contribution in [-0.4, -0.2) is 21.2 Å². The first-order valence-corrected chi connectivity index (χ1v) is 7.10. The Morgan fingerprint density at radius 3 is 2.62 bits per heavy atom. The highest BCUT2D eigenvalue weighted by Gasteiger charge is 2.28. The molecule has 0 spiro atoms. The summed E-state index contributed by atoms with van der Waals surface area (Å²) < 4.78 is 5.27. The lowest BCUT2D eigenvalue weighted by atomic mass is 9.84. The number of carbonyl (C=O) groups is 1. The third-order valence-corrected chi connectivity index (χ3v) is 3.55. The maximum Gasteiger partial charge on any atom is 0.303 e. The molecule has 0 aliphatic rings. The zero-order chi connectivity index (χ0) is 15.3. The summed E-state index contributed by atoms with van der Waals surface area (Å²) in [6, 6.07) is 10.0. The SMILES string of the molecule is CC(C)(c1ccccc1)c1noc(CCCCC(=O)O)n1. The Labute approximate surface area is 124 Å². The molecule has 5 heteroatoms. The fraction of sp³-hybridized carbons (Fsp3) is 0.438. The number of hydrogen-bond acceptors (Lipinski definition) is 4. The molecule has 0 bridgehead atoms. The molecule has 0 aliphatic heterocycles. The molecule has 1 aromatic heterocycles. The lowest BCUT2D eigenvalue weighted by Crippen LogP contribution is -2.20. The van der Waals surface area contributed by atoms with Crippen LogP contribution in [0.2, 0.25) is 0 Å². The van der Waals surface area contributed by atoms with Crippen LogP contribution >= 0.6 is 0 Å². The first-order valence-electron chi connectivity index (χ1n) is 7.10. The summed E-state index contributed by atoms with van der Waals surface area (Å²) in [5, 5.41) is 12.7. The van der Waals surface area contributed by atoms with E-state index in [0.717, 1.165) is 12.0 Å². The van der Waals surface area contributed by atoms with Gasteiger partial charge in [-0.2, -0.15) is 4.98 Å². The van der Waals surface area contributed by atoms with E-state index in [1.54, 1.807) is 0 Å². The summed E-state index contributed by atoms with van der Waals surface area (Å²) in [4.78, 5) is 14.9. The number of aromatic nitrogens is 2. The van der Waals surface area contributed by atoms with E-state index in [0.29, 0.717) is 24.6 Å². The number of aliphatic carboxylic acids is 1. The number of carboxylic acids is 1. The maximum atomic E-state index is 10.5. The largest absolute Gasteiger partial charge is 0.481 e. The van der Waals surface area contributed by atoms with Crippen molar-refractivity contribution in [2.45, 2.75) is 44.9 Å². The van der Waals surface area contributed by atoms with Gasteiger partial charge in [0.1, 0.15) is 0 Å². The molecule has 0 saturated carbocycles. The molecule has 5 nitrogen and oxygen atoms in total. The van der Waals surface area contributed by atoms with Crippen molar-refractivity contribution in [1.29, 1.82) is 0 Å². The van der Waals surface area contributed by atoms with Crippen LogP contribution in [0.3, 0.4) is 0 Å². The van der Waals surface area contributed by atoms with E-state index in [4.69, 9.17) is 9.63 Å². The van der Waals surface area contributed by atoms with Gasteiger partial charge >= 0.3 is 5.97 Å². The van der Waals surface area contributed by atoms with E-state index in [2.05, 4.69) is 24.0 Å². The fourth-order valence-corrected chi connectivity index (χ4v) is 2.15. The summed E-state index contributed by atoms with van der Waals surface area (Å²) in [5.41, 5.74) is 0.813. The standard InChI is InChI=1S/C16H20N2O3/c1-16(2,12-8-4-3-5-9-12)15-17-13(21-18-15)10-6-7-11-14(19)20/h3-5,8-9H,6-7,10-11H2,1-2H3,(H,19,20). The maximum absolute atomic E-state index is 10.5. The number of aryl methyl sites for hydroxylation is 1. The van der Waals surface area contributed by atoms with Gasteiger partial charge in [0, 0.05) is 12.8 Å². The zero-order valence-corrected chi connectivity index (χ0v) is 12.4. The predicted molar refractivity (Wildman–Crippen MR) is 78.1 cm³/mol. The van der Waals surface area contributed by atoms with Gasteiger partial charge in [-0.25, -0.2) is 0 Å². The van der Waals surface area contributed by atoms with Gasteiger partial charge in [0.05, 0.1) is 5.41 Å². The second-order valence-electron chi connectivity index (χ2n) is 5.60. The average molecular weight is 288 g/mol. The first-order chi connectivity index (χ1) is 10.00. The van der Waals surface area contributed by atoms with E-state index in [9.17, 15) is 4.79 Å². The van der Waals surface area contributed by atoms with Crippen molar-refractivity contribution >= 4 is 5.97 Å². The van der Waals surface area contributed by atoms with Gasteiger partial charge < -0.3 is 9.63 Å². The molecule has 0 atom stereocenters. The van der Waals surface area contributed by atoms with Crippen molar-refractivity contribution < 1.29 is 14.4 Å². The molecule has 1 aromatic carbocycles. The molecule has 0 radical (unpaired) electrons. The van der Waals surface area contributed by atoms with Crippen molar-refractivity contribution in [3.05, 3.63) is 47.6 Å². The highest BCUT2D eigenvalue weighted by atomic mass is 16.5. The Kier molecular flexibility index (Phi) is 4.73. The molecule has 0 aliphatic carbocycles. The lowest BCUT2D eigenvalue weighted by Gasteiger charge is -2.20. The number of benzene rings is 1. The van der Waals surface area contributed by atoms with Gasteiger partial charge in [-0.05, 0) is 32.3 Å². The van der Waals surface area contributed by atoms with Crippen LogP contribution in [0, 0.1) is 0 Å². The molecule has 0 saturated heterocycles. The van der Waals surface area contributed by atoms with E-state index in [-0.39, 0.29) is 11.8 Å². The topological polar surface area (TPSA) is 76.2 Å². The molecule has 112 valence electrons. The van der Waals surface area contributed by atoms with Gasteiger partial charge in [0.2, 0.25) is 5.89 Å². The quantitative estimate of drug-likeness (QED) is 0.792. The number of nitrogens with zero attached hydrogens (tertiary/aromatic N) is 2. The molecule has 2 aromatic rings. The second kappa shape index (κ2) is 6.52. The Morgan fingerprint density at radius 1 is 1.24 bits per heavy atom. The summed E-state index contributed by atoms with van der Waals surface area (Å²) >= 11 is 0. The Morgan fingerprint density at radius 2 is 1.95 bits per heavy atom. The normalized spacial score (nSPS) is 11.5. The van der Waals surface area contributed by atoms with Gasteiger partial charge in [-0.3, -0.25) is 4.79 Å². The third-order valence-electron chi connectivity index (χ3n) is 3.55. The lowest BCUT2D eigenvalue weighted by molar-refractivity contribution is -0.137. The van der Waals surface area contributed by atoms with Crippen molar-refractivity contribution in [1.82, 2.24) is 10.1 Å². The number of hydrogen-bond donors (Lipinski definition) is 1. The highest BCUT2D eigenvalue weighted by molar-refractivity contribution is 5.66. The highest BCUT2D eigenvalue weighted by Crippen LogP contribution is 2.29. The monoisotopic (exact) mass is 288 g/mol. The molecular weight excluding hydrogens is 268 g/mol. The molecule has 21 heavy (non-hydrogen) atoms. The molecule has 1 heterocycles. The van der Waals surface area contributed by atoms with Gasteiger partial charge in [0.15, 0.2) is 5.82 Å². The van der Waals surface area contributed by atoms with Crippen LogP contribution in [0.25, 0.3) is 0 Å². The third kappa shape index (κ3) is 3.90. The Balaban J connectivity index is 2.00. The van der Waals surface area contributed by atoms with Crippen LogP contribution in [0.15, 0.2) is 34.9 Å². The van der Waals surface area contributed by atoms with E-state index in [1.165, 1.54) is 0 Å². The first kappa shape index (κ1) is 15.2. The number of unbranched alkanes of at least 4 members (excludes halogenated alkanes) is 1. The van der Waals surface area contributed by atoms with Crippen LogP contribution < -0.4 is 0 Å². The summed E-state index contributed by atoms with van der Waals surface area (Å²) in [6.45, 7) is 4.11. The van der Waals surface area contributed by atoms with E-state index >= 15 is 0 Å². The molecule has 0 amide bonds. The van der Waals surface area contributed by atoms with Crippen LogP contribution in [-0.2, 0) is 16.6 Å². The van der Waals surface area contributed by atoms with Crippen molar-refractivity contribution in [3.8, 4) is 0 Å². The molecule has 2 rings (SSSR count). The van der Waals surface area contributed by atoms with Crippen molar-refractivity contribution in [2.24, 2.45) is 0 Å². The van der Waals surface area contributed by atoms with Crippen molar-refractivity contribution in [2.75, 3.05) is 0 Å². The number of rotatable bonds is 7. The summed E-state index contributed by atoms with van der Waals surface area (Å²) in [6.07, 6.45) is 2.15. The molecule has 1 N–H and O–H groups in total. The average Bonchev–Trinajstić information content (AvgIpc) is 2.94. The van der Waals surface area contributed by atoms with Gasteiger partial charge in [0.25, 0.3) is 0 Å².